The van der Waals surface area contributed by atoms with Crippen LogP contribution in [0.15, 0.2) is 30.7 Å². The first-order valence-corrected chi connectivity index (χ1v) is 7.40. The van der Waals surface area contributed by atoms with E-state index in [1.807, 2.05) is 22.7 Å². The van der Waals surface area contributed by atoms with Crippen molar-refractivity contribution in [3.05, 3.63) is 47.8 Å². The van der Waals surface area contributed by atoms with E-state index in [1.54, 1.807) is 12.3 Å². The minimum absolute atomic E-state index is 0.0648. The molecule has 0 aliphatic carbocycles. The molecule has 1 aliphatic heterocycles. The van der Waals surface area contributed by atoms with Gasteiger partial charge < -0.3 is 9.88 Å². The summed E-state index contributed by atoms with van der Waals surface area (Å²) in [7, 11) is 1.89. The number of pyridine rings is 1. The van der Waals surface area contributed by atoms with E-state index in [0.29, 0.717) is 13.1 Å². The molecule has 0 aromatic carbocycles. The largest absolute Gasteiger partial charge is 0.433 e. The standard InChI is InChI=1S/C15H18F3N5/c1-22-7-6-21-14(22)12-9-19-5-8-23(12)10-11-3-2-4-20-13(11)15(16,17)18/h2-4,6-7,12,19H,5,8-10H2,1H3. The maximum atomic E-state index is 13.1. The molecular weight excluding hydrogens is 307 g/mol. The zero-order valence-corrected chi connectivity index (χ0v) is 12.7. The average molecular weight is 325 g/mol. The molecule has 1 N–H and O–H groups in total. The molecule has 5 nitrogen and oxygen atoms in total. The van der Waals surface area contributed by atoms with Gasteiger partial charge in [0.25, 0.3) is 0 Å². The molecule has 1 fully saturated rings. The third-order valence-corrected chi connectivity index (χ3v) is 4.04. The molecule has 1 unspecified atom stereocenters. The highest BCUT2D eigenvalue weighted by molar-refractivity contribution is 5.23. The van der Waals surface area contributed by atoms with Crippen LogP contribution in [0, 0.1) is 0 Å². The molecule has 1 saturated heterocycles. The van der Waals surface area contributed by atoms with Crippen LogP contribution in [-0.2, 0) is 19.8 Å². The third kappa shape index (κ3) is 3.37. The van der Waals surface area contributed by atoms with Crippen LogP contribution in [0.3, 0.4) is 0 Å². The van der Waals surface area contributed by atoms with Gasteiger partial charge in [0.1, 0.15) is 11.5 Å². The van der Waals surface area contributed by atoms with Crippen LogP contribution in [0.25, 0.3) is 0 Å². The minimum atomic E-state index is -4.44. The molecule has 0 saturated carbocycles. The van der Waals surface area contributed by atoms with Crippen LogP contribution >= 0.6 is 0 Å². The highest BCUT2D eigenvalue weighted by Crippen LogP contribution is 2.32. The van der Waals surface area contributed by atoms with Crippen LogP contribution in [0.1, 0.15) is 23.1 Å². The summed E-state index contributed by atoms with van der Waals surface area (Å²) in [5.74, 6) is 0.842. The Morgan fingerprint density at radius 2 is 2.13 bits per heavy atom. The van der Waals surface area contributed by atoms with Crippen molar-refractivity contribution in [2.24, 2.45) is 7.05 Å². The number of nitrogens with zero attached hydrogens (tertiary/aromatic N) is 4. The van der Waals surface area contributed by atoms with E-state index in [4.69, 9.17) is 0 Å². The fraction of sp³-hybridized carbons (Fsp3) is 0.467. The molecule has 3 heterocycles. The lowest BCUT2D eigenvalue weighted by atomic mass is 10.1. The summed E-state index contributed by atoms with van der Waals surface area (Å²) in [6.45, 7) is 2.25. The molecule has 1 aliphatic rings. The van der Waals surface area contributed by atoms with Gasteiger partial charge >= 0.3 is 6.18 Å². The summed E-state index contributed by atoms with van der Waals surface area (Å²) in [6, 6.07) is 2.97. The Bertz CT molecular complexity index is 667. The molecule has 0 spiro atoms. The first-order valence-electron chi connectivity index (χ1n) is 7.40. The highest BCUT2D eigenvalue weighted by atomic mass is 19.4. The first-order chi connectivity index (χ1) is 11.0. The molecule has 3 rings (SSSR count). The zero-order valence-electron chi connectivity index (χ0n) is 12.7. The van der Waals surface area contributed by atoms with Gasteiger partial charge in [0.05, 0.1) is 6.04 Å². The lowest BCUT2D eigenvalue weighted by molar-refractivity contribution is -0.142. The Labute approximate surface area is 132 Å². The fourth-order valence-corrected chi connectivity index (χ4v) is 2.93. The topological polar surface area (TPSA) is 46.0 Å². The van der Waals surface area contributed by atoms with Crippen molar-refractivity contribution in [3.8, 4) is 0 Å². The molecule has 2 aromatic heterocycles. The van der Waals surface area contributed by atoms with E-state index in [0.717, 1.165) is 12.4 Å². The molecule has 0 bridgehead atoms. The second-order valence-corrected chi connectivity index (χ2v) is 5.60. The predicted molar refractivity (Wildman–Crippen MR) is 78.5 cm³/mol. The van der Waals surface area contributed by atoms with Crippen molar-refractivity contribution in [2.45, 2.75) is 18.8 Å². The van der Waals surface area contributed by atoms with Crippen molar-refractivity contribution in [2.75, 3.05) is 19.6 Å². The summed E-state index contributed by atoms with van der Waals surface area (Å²) < 4.78 is 41.3. The summed E-state index contributed by atoms with van der Waals surface area (Å²) in [6.07, 6.45) is 0.282. The number of halogens is 3. The van der Waals surface area contributed by atoms with Gasteiger partial charge in [0.15, 0.2) is 0 Å². The number of imidazole rings is 1. The second-order valence-electron chi connectivity index (χ2n) is 5.60. The van der Waals surface area contributed by atoms with Crippen molar-refractivity contribution in [1.82, 2.24) is 24.8 Å². The van der Waals surface area contributed by atoms with Gasteiger partial charge in [0.2, 0.25) is 0 Å². The second kappa shape index (κ2) is 6.29. The van der Waals surface area contributed by atoms with Crippen molar-refractivity contribution >= 4 is 0 Å². The van der Waals surface area contributed by atoms with Gasteiger partial charge in [-0.15, -0.1) is 0 Å². The SMILES string of the molecule is Cn1ccnc1C1CNCCN1Cc1cccnc1C(F)(F)F. The average Bonchev–Trinajstić information content (AvgIpc) is 2.93. The van der Waals surface area contributed by atoms with Gasteiger partial charge in [0, 0.05) is 51.8 Å². The molecule has 0 radical (unpaired) electrons. The van der Waals surface area contributed by atoms with Gasteiger partial charge in [-0.3, -0.25) is 9.88 Å². The lowest BCUT2D eigenvalue weighted by Gasteiger charge is -2.36. The van der Waals surface area contributed by atoms with Crippen molar-refractivity contribution < 1.29 is 13.2 Å². The smallest absolute Gasteiger partial charge is 0.337 e. The molecule has 1 atom stereocenters. The Kier molecular flexibility index (Phi) is 4.36. The minimum Gasteiger partial charge on any atom is -0.337 e. The first kappa shape index (κ1) is 15.9. The van der Waals surface area contributed by atoms with E-state index in [9.17, 15) is 13.2 Å². The molecule has 8 heteroatoms. The third-order valence-electron chi connectivity index (χ3n) is 4.04. The van der Waals surface area contributed by atoms with Crippen LogP contribution in [0.4, 0.5) is 13.2 Å². The summed E-state index contributed by atoms with van der Waals surface area (Å²) in [5.41, 5.74) is -0.613. The molecule has 2 aromatic rings. The quantitative estimate of drug-likeness (QED) is 0.937. The maximum Gasteiger partial charge on any atom is 0.433 e. The van der Waals surface area contributed by atoms with Crippen molar-refractivity contribution in [1.29, 1.82) is 0 Å². The van der Waals surface area contributed by atoms with Crippen LogP contribution in [0.2, 0.25) is 0 Å². The van der Waals surface area contributed by atoms with E-state index >= 15 is 0 Å². The van der Waals surface area contributed by atoms with E-state index in [1.165, 1.54) is 12.3 Å². The Balaban J connectivity index is 1.88. The molecular formula is C15H18F3N5. The number of hydrogen-bond acceptors (Lipinski definition) is 4. The fourth-order valence-electron chi connectivity index (χ4n) is 2.93. The lowest BCUT2D eigenvalue weighted by Crippen LogP contribution is -2.46. The maximum absolute atomic E-state index is 13.1. The Morgan fingerprint density at radius 1 is 1.30 bits per heavy atom. The molecule has 0 amide bonds. The van der Waals surface area contributed by atoms with E-state index < -0.39 is 11.9 Å². The summed E-state index contributed by atoms with van der Waals surface area (Å²) >= 11 is 0. The predicted octanol–water partition coefficient (Wildman–Crippen LogP) is 1.98. The summed E-state index contributed by atoms with van der Waals surface area (Å²) in [4.78, 5) is 9.90. The number of aryl methyl sites for hydroxylation is 1. The number of aromatic nitrogens is 3. The van der Waals surface area contributed by atoms with E-state index in [2.05, 4.69) is 15.3 Å². The van der Waals surface area contributed by atoms with Gasteiger partial charge in [-0.25, -0.2) is 4.98 Å². The van der Waals surface area contributed by atoms with Crippen LogP contribution in [0.5, 0.6) is 0 Å². The van der Waals surface area contributed by atoms with Crippen LogP contribution < -0.4 is 5.32 Å². The normalized spacial score (nSPS) is 19.9. The Hall–Kier alpha value is -1.93. The Morgan fingerprint density at radius 3 is 2.83 bits per heavy atom. The highest BCUT2D eigenvalue weighted by Gasteiger charge is 2.36. The number of hydrogen-bond donors (Lipinski definition) is 1. The number of alkyl halides is 3. The summed E-state index contributed by atoms with van der Waals surface area (Å²) in [5, 5.41) is 3.28. The van der Waals surface area contributed by atoms with Gasteiger partial charge in [-0.05, 0) is 11.6 Å². The monoisotopic (exact) mass is 325 g/mol. The molecule has 23 heavy (non-hydrogen) atoms. The number of rotatable bonds is 3. The van der Waals surface area contributed by atoms with Gasteiger partial charge in [-0.1, -0.05) is 6.07 Å². The zero-order chi connectivity index (χ0) is 16.4. The molecule has 124 valence electrons. The van der Waals surface area contributed by atoms with Crippen LogP contribution in [-0.4, -0.2) is 39.1 Å². The van der Waals surface area contributed by atoms with Gasteiger partial charge in [-0.2, -0.15) is 13.2 Å². The number of piperazine rings is 1. The van der Waals surface area contributed by atoms with E-state index in [-0.39, 0.29) is 18.2 Å². The number of nitrogens with one attached hydrogen (secondary N) is 1. The van der Waals surface area contributed by atoms with Crippen molar-refractivity contribution in [3.63, 3.8) is 0 Å².